The third-order valence-electron chi connectivity index (χ3n) is 3.92. The molecule has 1 amide bonds. The molecule has 0 saturated carbocycles. The molecule has 2 N–H and O–H groups in total. The fraction of sp³-hybridized carbons (Fsp3) is 0.533. The summed E-state index contributed by atoms with van der Waals surface area (Å²) in [6.45, 7) is 2.54. The normalized spacial score (nSPS) is 18.9. The summed E-state index contributed by atoms with van der Waals surface area (Å²) in [6, 6.07) is 7.34. The molecule has 0 radical (unpaired) electrons. The standard InChI is InChI=1S/C15H21ClN2O2/c1-20-13-6-8-18(9-7-13)10-14(15(17)19)11-2-4-12(16)5-3-11/h2-5,13-14H,6-10H2,1H3,(H2,17,19)/t14-/m1/s1. The summed E-state index contributed by atoms with van der Waals surface area (Å²) in [6.07, 6.45) is 2.35. The minimum absolute atomic E-state index is 0.286. The highest BCUT2D eigenvalue weighted by Gasteiger charge is 2.25. The zero-order chi connectivity index (χ0) is 14.5. The number of amides is 1. The number of carbonyl (C=O) groups excluding carboxylic acids is 1. The summed E-state index contributed by atoms with van der Waals surface area (Å²) >= 11 is 5.88. The van der Waals surface area contributed by atoms with Gasteiger partial charge in [-0.15, -0.1) is 0 Å². The van der Waals surface area contributed by atoms with Crippen LogP contribution in [0.3, 0.4) is 0 Å². The van der Waals surface area contributed by atoms with Gasteiger partial charge in [0.1, 0.15) is 0 Å². The van der Waals surface area contributed by atoms with Gasteiger partial charge in [-0.05, 0) is 30.5 Å². The van der Waals surface area contributed by atoms with E-state index in [4.69, 9.17) is 22.1 Å². The Morgan fingerprint density at radius 3 is 2.50 bits per heavy atom. The molecule has 1 aromatic rings. The fourth-order valence-corrected chi connectivity index (χ4v) is 2.77. The number of carbonyl (C=O) groups is 1. The molecule has 1 atom stereocenters. The summed E-state index contributed by atoms with van der Waals surface area (Å²) in [4.78, 5) is 14.0. The van der Waals surface area contributed by atoms with E-state index in [1.807, 2.05) is 12.1 Å². The van der Waals surface area contributed by atoms with E-state index in [-0.39, 0.29) is 11.8 Å². The lowest BCUT2D eigenvalue weighted by Crippen LogP contribution is -2.41. The fourth-order valence-electron chi connectivity index (χ4n) is 2.64. The van der Waals surface area contributed by atoms with Gasteiger partial charge < -0.3 is 15.4 Å². The number of benzene rings is 1. The number of hydrogen-bond acceptors (Lipinski definition) is 3. The van der Waals surface area contributed by atoms with Crippen molar-refractivity contribution < 1.29 is 9.53 Å². The monoisotopic (exact) mass is 296 g/mol. The van der Waals surface area contributed by atoms with Gasteiger partial charge in [0, 0.05) is 31.8 Å². The number of primary amides is 1. The van der Waals surface area contributed by atoms with Crippen LogP contribution in [0.25, 0.3) is 0 Å². The van der Waals surface area contributed by atoms with Crippen LogP contribution in [0.2, 0.25) is 5.02 Å². The van der Waals surface area contributed by atoms with Crippen molar-refractivity contribution in [3.8, 4) is 0 Å². The van der Waals surface area contributed by atoms with Gasteiger partial charge in [0.2, 0.25) is 5.91 Å². The Morgan fingerprint density at radius 1 is 1.40 bits per heavy atom. The van der Waals surface area contributed by atoms with Crippen LogP contribution in [0.5, 0.6) is 0 Å². The first-order chi connectivity index (χ1) is 9.60. The van der Waals surface area contributed by atoms with Gasteiger partial charge in [0.15, 0.2) is 0 Å². The van der Waals surface area contributed by atoms with Gasteiger partial charge in [-0.3, -0.25) is 4.79 Å². The maximum Gasteiger partial charge on any atom is 0.226 e. The van der Waals surface area contributed by atoms with Gasteiger partial charge >= 0.3 is 0 Å². The van der Waals surface area contributed by atoms with Crippen LogP contribution in [-0.4, -0.2) is 43.7 Å². The number of methoxy groups -OCH3 is 1. The maximum absolute atomic E-state index is 11.7. The number of rotatable bonds is 5. The first kappa shape index (κ1) is 15.3. The summed E-state index contributed by atoms with van der Waals surface area (Å²) in [7, 11) is 1.75. The number of piperidine rings is 1. The van der Waals surface area contributed by atoms with E-state index in [9.17, 15) is 4.79 Å². The molecule has 0 aliphatic carbocycles. The molecule has 20 heavy (non-hydrogen) atoms. The molecule has 0 aromatic heterocycles. The molecule has 1 saturated heterocycles. The highest BCUT2D eigenvalue weighted by molar-refractivity contribution is 6.30. The molecule has 4 nitrogen and oxygen atoms in total. The predicted molar refractivity (Wildman–Crippen MR) is 79.9 cm³/mol. The van der Waals surface area contributed by atoms with Gasteiger partial charge in [0.25, 0.3) is 0 Å². The Hall–Kier alpha value is -1.10. The number of likely N-dealkylation sites (tertiary alicyclic amines) is 1. The lowest BCUT2D eigenvalue weighted by molar-refractivity contribution is -0.120. The van der Waals surface area contributed by atoms with Gasteiger partial charge in [-0.1, -0.05) is 23.7 Å². The van der Waals surface area contributed by atoms with Crippen molar-refractivity contribution in [3.63, 3.8) is 0 Å². The van der Waals surface area contributed by atoms with E-state index in [0.717, 1.165) is 31.5 Å². The second kappa shape index (κ2) is 7.07. The van der Waals surface area contributed by atoms with Gasteiger partial charge in [-0.2, -0.15) is 0 Å². The van der Waals surface area contributed by atoms with Crippen molar-refractivity contribution in [2.45, 2.75) is 24.9 Å². The zero-order valence-electron chi connectivity index (χ0n) is 11.7. The van der Waals surface area contributed by atoms with Crippen LogP contribution in [0.15, 0.2) is 24.3 Å². The van der Waals surface area contributed by atoms with Gasteiger partial charge in [-0.25, -0.2) is 0 Å². The average molecular weight is 297 g/mol. The molecule has 1 heterocycles. The average Bonchev–Trinajstić information content (AvgIpc) is 2.46. The number of nitrogens with two attached hydrogens (primary N) is 1. The Bertz CT molecular complexity index is 442. The summed E-state index contributed by atoms with van der Waals surface area (Å²) in [5, 5.41) is 0.665. The Kier molecular flexibility index (Phi) is 5.40. The summed E-state index contributed by atoms with van der Waals surface area (Å²) in [5.74, 6) is -0.576. The van der Waals surface area contributed by atoms with Crippen LogP contribution in [0.4, 0.5) is 0 Å². The molecule has 0 spiro atoms. The zero-order valence-corrected chi connectivity index (χ0v) is 12.5. The number of nitrogens with zero attached hydrogens (tertiary/aromatic N) is 1. The van der Waals surface area contributed by atoms with E-state index >= 15 is 0 Å². The van der Waals surface area contributed by atoms with Crippen LogP contribution < -0.4 is 5.73 Å². The SMILES string of the molecule is COC1CCN(C[C@@H](C(N)=O)c2ccc(Cl)cc2)CC1. The second-order valence-corrected chi connectivity index (χ2v) is 5.68. The lowest BCUT2D eigenvalue weighted by atomic mass is 9.96. The van der Waals surface area contributed by atoms with E-state index in [1.165, 1.54) is 0 Å². The molecular weight excluding hydrogens is 276 g/mol. The van der Waals surface area contributed by atoms with Crippen molar-refractivity contribution in [1.82, 2.24) is 4.90 Å². The molecule has 2 rings (SSSR count). The Balaban J connectivity index is 2.00. The van der Waals surface area contributed by atoms with Crippen molar-refractivity contribution in [2.75, 3.05) is 26.7 Å². The molecular formula is C15H21ClN2O2. The molecule has 1 fully saturated rings. The molecule has 5 heteroatoms. The summed E-state index contributed by atoms with van der Waals surface area (Å²) in [5.41, 5.74) is 6.48. The molecule has 110 valence electrons. The lowest BCUT2D eigenvalue weighted by Gasteiger charge is -2.33. The number of hydrogen-bond donors (Lipinski definition) is 1. The van der Waals surface area contributed by atoms with Gasteiger partial charge in [0.05, 0.1) is 12.0 Å². The van der Waals surface area contributed by atoms with Crippen molar-refractivity contribution in [1.29, 1.82) is 0 Å². The van der Waals surface area contributed by atoms with Crippen LogP contribution >= 0.6 is 11.6 Å². The smallest absolute Gasteiger partial charge is 0.226 e. The second-order valence-electron chi connectivity index (χ2n) is 5.24. The highest BCUT2D eigenvalue weighted by atomic mass is 35.5. The van der Waals surface area contributed by atoms with E-state index < -0.39 is 0 Å². The Morgan fingerprint density at radius 2 is 2.00 bits per heavy atom. The minimum atomic E-state index is -0.291. The molecule has 0 unspecified atom stereocenters. The van der Waals surface area contributed by atoms with Crippen molar-refractivity contribution in [2.24, 2.45) is 5.73 Å². The molecule has 1 aromatic carbocycles. The quantitative estimate of drug-likeness (QED) is 0.904. The largest absolute Gasteiger partial charge is 0.381 e. The van der Waals surface area contributed by atoms with Crippen LogP contribution in [-0.2, 0) is 9.53 Å². The van der Waals surface area contributed by atoms with Crippen molar-refractivity contribution >= 4 is 17.5 Å². The Labute approximate surface area is 124 Å². The summed E-state index contributed by atoms with van der Waals surface area (Å²) < 4.78 is 5.36. The van der Waals surface area contributed by atoms with E-state index in [0.29, 0.717) is 17.7 Å². The van der Waals surface area contributed by atoms with E-state index in [1.54, 1.807) is 19.2 Å². The van der Waals surface area contributed by atoms with Crippen molar-refractivity contribution in [3.05, 3.63) is 34.9 Å². The first-order valence-electron chi connectivity index (χ1n) is 6.90. The predicted octanol–water partition coefficient (Wildman–Crippen LogP) is 2.02. The highest BCUT2D eigenvalue weighted by Crippen LogP contribution is 2.22. The number of halogens is 1. The van der Waals surface area contributed by atoms with Crippen LogP contribution in [0.1, 0.15) is 24.3 Å². The minimum Gasteiger partial charge on any atom is -0.381 e. The topological polar surface area (TPSA) is 55.6 Å². The first-order valence-corrected chi connectivity index (χ1v) is 7.28. The molecule has 0 bridgehead atoms. The third-order valence-corrected chi connectivity index (χ3v) is 4.18. The molecule has 1 aliphatic heterocycles. The molecule has 1 aliphatic rings. The third kappa shape index (κ3) is 3.95. The number of ether oxygens (including phenoxy) is 1. The maximum atomic E-state index is 11.7. The van der Waals surface area contributed by atoms with E-state index in [2.05, 4.69) is 4.90 Å². The van der Waals surface area contributed by atoms with Crippen LogP contribution in [0, 0.1) is 0 Å².